The Hall–Kier alpha value is -2.62. The van der Waals surface area contributed by atoms with E-state index in [1.807, 2.05) is 31.2 Å². The normalized spacial score (nSPS) is 11.5. The number of hydrogen-bond acceptors (Lipinski definition) is 3. The van der Waals surface area contributed by atoms with Crippen molar-refractivity contribution in [2.24, 2.45) is 0 Å². The van der Waals surface area contributed by atoms with Crippen LogP contribution >= 0.6 is 0 Å². The molecule has 2 rings (SSSR count). The number of para-hydroxylation sites is 2. The Morgan fingerprint density at radius 3 is 2.52 bits per heavy atom. The third-order valence-corrected chi connectivity index (χ3v) is 3.07. The van der Waals surface area contributed by atoms with Crippen molar-refractivity contribution in [1.82, 2.24) is 0 Å². The first-order valence-corrected chi connectivity index (χ1v) is 6.69. The highest BCUT2D eigenvalue weighted by molar-refractivity contribution is 5.94. The second-order valence-corrected chi connectivity index (χ2v) is 4.73. The number of hydrogen-bond donors (Lipinski definition) is 1. The summed E-state index contributed by atoms with van der Waals surface area (Å²) in [7, 11) is 0. The van der Waals surface area contributed by atoms with E-state index in [9.17, 15) is 9.59 Å². The number of aldehydes is 1. The second kappa shape index (κ2) is 6.70. The van der Waals surface area contributed by atoms with Gasteiger partial charge in [-0.2, -0.15) is 0 Å². The first-order valence-electron chi connectivity index (χ1n) is 6.69. The molecule has 0 saturated carbocycles. The van der Waals surface area contributed by atoms with Crippen molar-refractivity contribution in [1.29, 1.82) is 0 Å². The molecule has 0 heterocycles. The van der Waals surface area contributed by atoms with E-state index in [0.29, 0.717) is 17.0 Å². The van der Waals surface area contributed by atoms with E-state index < -0.39 is 6.10 Å². The van der Waals surface area contributed by atoms with Gasteiger partial charge in [0, 0.05) is 5.69 Å². The molecular weight excluding hydrogens is 266 g/mol. The molecule has 0 bridgehead atoms. The lowest BCUT2D eigenvalue weighted by Gasteiger charge is -2.17. The topological polar surface area (TPSA) is 55.4 Å². The molecule has 2 aromatic rings. The lowest BCUT2D eigenvalue weighted by molar-refractivity contribution is -0.122. The van der Waals surface area contributed by atoms with Crippen LogP contribution < -0.4 is 10.1 Å². The largest absolute Gasteiger partial charge is 0.480 e. The molecule has 0 aliphatic heterocycles. The Kier molecular flexibility index (Phi) is 4.72. The highest BCUT2D eigenvalue weighted by Gasteiger charge is 2.17. The summed E-state index contributed by atoms with van der Waals surface area (Å²) in [6, 6.07) is 14.4. The molecule has 0 saturated heterocycles. The van der Waals surface area contributed by atoms with E-state index in [2.05, 4.69) is 5.32 Å². The third kappa shape index (κ3) is 3.69. The third-order valence-electron chi connectivity index (χ3n) is 3.07. The van der Waals surface area contributed by atoms with Crippen LogP contribution in [0.3, 0.4) is 0 Å². The van der Waals surface area contributed by atoms with Gasteiger partial charge >= 0.3 is 0 Å². The van der Waals surface area contributed by atoms with Crippen molar-refractivity contribution in [2.75, 3.05) is 5.32 Å². The molecule has 0 radical (unpaired) electrons. The van der Waals surface area contributed by atoms with Gasteiger partial charge in [-0.05, 0) is 37.6 Å². The average molecular weight is 283 g/mol. The van der Waals surface area contributed by atoms with Crippen molar-refractivity contribution in [3.63, 3.8) is 0 Å². The monoisotopic (exact) mass is 283 g/mol. The molecule has 21 heavy (non-hydrogen) atoms. The molecule has 1 atom stereocenters. The summed E-state index contributed by atoms with van der Waals surface area (Å²) in [6.45, 7) is 3.49. The Balaban J connectivity index is 2.09. The van der Waals surface area contributed by atoms with Crippen molar-refractivity contribution < 1.29 is 14.3 Å². The maximum Gasteiger partial charge on any atom is 0.265 e. The zero-order valence-corrected chi connectivity index (χ0v) is 12.0. The van der Waals surface area contributed by atoms with Crippen LogP contribution in [0.25, 0.3) is 0 Å². The number of rotatable bonds is 5. The van der Waals surface area contributed by atoms with Crippen molar-refractivity contribution in [2.45, 2.75) is 20.0 Å². The van der Waals surface area contributed by atoms with Crippen LogP contribution in [0.4, 0.5) is 5.69 Å². The van der Waals surface area contributed by atoms with E-state index >= 15 is 0 Å². The standard InChI is InChI=1S/C17H17NO3/c1-12-7-6-8-14(11-19)16(12)21-13(2)17(20)18-15-9-4-3-5-10-15/h3-11,13H,1-2H3,(H,18,20). The molecule has 4 heteroatoms. The van der Waals surface area contributed by atoms with Gasteiger partial charge in [0.25, 0.3) is 5.91 Å². The molecule has 0 fully saturated rings. The average Bonchev–Trinajstić information content (AvgIpc) is 2.50. The lowest BCUT2D eigenvalue weighted by atomic mass is 10.1. The Morgan fingerprint density at radius 1 is 1.14 bits per heavy atom. The SMILES string of the molecule is Cc1cccc(C=O)c1OC(C)C(=O)Nc1ccccc1. The minimum Gasteiger partial charge on any atom is -0.480 e. The zero-order chi connectivity index (χ0) is 15.2. The van der Waals surface area contributed by atoms with E-state index in [-0.39, 0.29) is 5.91 Å². The number of aryl methyl sites for hydroxylation is 1. The highest BCUT2D eigenvalue weighted by atomic mass is 16.5. The number of carbonyl (C=O) groups is 2. The van der Waals surface area contributed by atoms with Crippen molar-refractivity contribution >= 4 is 17.9 Å². The van der Waals surface area contributed by atoms with Gasteiger partial charge < -0.3 is 10.1 Å². The minimum atomic E-state index is -0.704. The minimum absolute atomic E-state index is 0.263. The first-order chi connectivity index (χ1) is 10.1. The van der Waals surface area contributed by atoms with Gasteiger partial charge in [-0.3, -0.25) is 9.59 Å². The number of ether oxygens (including phenoxy) is 1. The molecule has 108 valence electrons. The summed E-state index contributed by atoms with van der Waals surface area (Å²) in [5.74, 6) is 0.185. The summed E-state index contributed by atoms with van der Waals surface area (Å²) >= 11 is 0. The quantitative estimate of drug-likeness (QED) is 0.857. The van der Waals surface area contributed by atoms with E-state index in [0.717, 1.165) is 11.8 Å². The Bertz CT molecular complexity index is 638. The maximum absolute atomic E-state index is 12.1. The van der Waals surface area contributed by atoms with Gasteiger partial charge in [0.05, 0.1) is 5.56 Å². The fourth-order valence-corrected chi connectivity index (χ4v) is 1.92. The van der Waals surface area contributed by atoms with Crippen molar-refractivity contribution in [3.05, 3.63) is 59.7 Å². The molecule has 4 nitrogen and oxygen atoms in total. The molecule has 0 aromatic heterocycles. The van der Waals surface area contributed by atoms with Crippen LogP contribution in [-0.2, 0) is 4.79 Å². The van der Waals surface area contributed by atoms with Gasteiger partial charge in [-0.1, -0.05) is 30.3 Å². The summed E-state index contributed by atoms with van der Waals surface area (Å²) in [5, 5.41) is 2.77. The van der Waals surface area contributed by atoms with Crippen LogP contribution in [0.2, 0.25) is 0 Å². The molecule has 2 aromatic carbocycles. The second-order valence-electron chi connectivity index (χ2n) is 4.73. The summed E-state index contributed by atoms with van der Waals surface area (Å²) in [4.78, 5) is 23.1. The molecule has 0 spiro atoms. The molecule has 1 amide bonds. The molecular formula is C17H17NO3. The number of nitrogens with one attached hydrogen (secondary N) is 1. The van der Waals surface area contributed by atoms with Gasteiger partial charge in [0.15, 0.2) is 12.4 Å². The smallest absolute Gasteiger partial charge is 0.265 e. The van der Waals surface area contributed by atoms with Crippen molar-refractivity contribution in [3.8, 4) is 5.75 Å². The highest BCUT2D eigenvalue weighted by Crippen LogP contribution is 2.23. The van der Waals surface area contributed by atoms with E-state index in [1.54, 1.807) is 31.2 Å². The number of benzene rings is 2. The fraction of sp³-hybridized carbons (Fsp3) is 0.176. The predicted molar refractivity (Wildman–Crippen MR) is 81.7 cm³/mol. The molecule has 1 N–H and O–H groups in total. The zero-order valence-electron chi connectivity index (χ0n) is 12.0. The summed E-state index contributed by atoms with van der Waals surface area (Å²) < 4.78 is 5.66. The summed E-state index contributed by atoms with van der Waals surface area (Å²) in [5.41, 5.74) is 1.96. The van der Waals surface area contributed by atoms with Gasteiger partial charge in [-0.15, -0.1) is 0 Å². The van der Waals surface area contributed by atoms with Crippen LogP contribution in [0.5, 0.6) is 5.75 Å². The van der Waals surface area contributed by atoms with E-state index in [4.69, 9.17) is 4.74 Å². The van der Waals surface area contributed by atoms with Crippen LogP contribution in [0.1, 0.15) is 22.8 Å². The fourth-order valence-electron chi connectivity index (χ4n) is 1.92. The Labute approximate surface area is 123 Å². The van der Waals surface area contributed by atoms with Crippen LogP contribution in [0, 0.1) is 6.92 Å². The lowest BCUT2D eigenvalue weighted by Crippen LogP contribution is -2.30. The van der Waals surface area contributed by atoms with Crippen LogP contribution in [0.15, 0.2) is 48.5 Å². The van der Waals surface area contributed by atoms with Gasteiger partial charge in [0.1, 0.15) is 5.75 Å². The predicted octanol–water partition coefficient (Wildman–Crippen LogP) is 3.21. The van der Waals surface area contributed by atoms with Gasteiger partial charge in [-0.25, -0.2) is 0 Å². The maximum atomic E-state index is 12.1. The van der Waals surface area contributed by atoms with Gasteiger partial charge in [0.2, 0.25) is 0 Å². The molecule has 1 unspecified atom stereocenters. The number of carbonyl (C=O) groups excluding carboxylic acids is 2. The number of anilines is 1. The number of amides is 1. The Morgan fingerprint density at radius 2 is 1.86 bits per heavy atom. The summed E-state index contributed by atoms with van der Waals surface area (Å²) in [6.07, 6.45) is 0.0226. The van der Waals surface area contributed by atoms with E-state index in [1.165, 1.54) is 0 Å². The van der Waals surface area contributed by atoms with Crippen LogP contribution in [-0.4, -0.2) is 18.3 Å². The molecule has 0 aliphatic rings. The first kappa shape index (κ1) is 14.8. The molecule has 0 aliphatic carbocycles.